The number of hydrogen-bond donors (Lipinski definition) is 1. The highest BCUT2D eigenvalue weighted by molar-refractivity contribution is 6.03. The lowest BCUT2D eigenvalue weighted by molar-refractivity contribution is -0.112. The van der Waals surface area contributed by atoms with E-state index in [-0.39, 0.29) is 13.3 Å². The van der Waals surface area contributed by atoms with Crippen molar-refractivity contribution in [3.8, 4) is 11.8 Å². The normalized spacial score (nSPS) is 11.1. The van der Waals surface area contributed by atoms with Gasteiger partial charge in [0.15, 0.2) is 0 Å². The van der Waals surface area contributed by atoms with Crippen molar-refractivity contribution in [3.05, 3.63) is 53.9 Å². The minimum atomic E-state index is -0.136. The quantitative estimate of drug-likeness (QED) is 0.869. The monoisotopic (exact) mass is 285 g/mol. The van der Waals surface area contributed by atoms with Gasteiger partial charge < -0.3 is 10.1 Å². The van der Waals surface area contributed by atoms with Gasteiger partial charge in [0.25, 0.3) is 5.91 Å². The van der Waals surface area contributed by atoms with E-state index in [0.29, 0.717) is 17.0 Å². The summed E-state index contributed by atoms with van der Waals surface area (Å²) in [5.74, 6) is 0.473. The fraction of sp³-hybridized carbons (Fsp3) is 0.188. The van der Waals surface area contributed by atoms with E-state index in [0.717, 1.165) is 5.56 Å². The van der Waals surface area contributed by atoms with Crippen LogP contribution in [0.3, 0.4) is 0 Å². The van der Waals surface area contributed by atoms with Crippen molar-refractivity contribution in [2.75, 3.05) is 5.32 Å². The van der Waals surface area contributed by atoms with Crippen LogP contribution in [0.1, 0.15) is 20.8 Å². The van der Waals surface area contributed by atoms with Crippen LogP contribution in [-0.4, -0.2) is 15.9 Å². The molecule has 5 nitrogen and oxygen atoms in total. The number of ether oxygens (including phenoxy) is 1. The van der Waals surface area contributed by atoms with Gasteiger partial charge >= 0.3 is 6.01 Å². The van der Waals surface area contributed by atoms with E-state index >= 15 is 0 Å². The summed E-state index contributed by atoms with van der Waals surface area (Å²) in [5, 5.41) is 2.82. The standard InChI is InChI=1S/C16H17N3O2.H2/c1-4-11(2)15(20)19-13-7-6-12(3)14(10-13)21-16-17-8-5-9-18-16;/h4-10H,1-3H3,(H,19,20);1H/b11-4+;. The molecule has 5 heteroatoms. The van der Waals surface area contributed by atoms with Gasteiger partial charge in [0.05, 0.1) is 0 Å². The minimum absolute atomic E-state index is 0. The molecule has 0 bridgehead atoms. The van der Waals surface area contributed by atoms with Crippen LogP contribution in [0.15, 0.2) is 48.3 Å². The Labute approximate surface area is 125 Å². The van der Waals surface area contributed by atoms with E-state index in [1.807, 2.05) is 26.0 Å². The van der Waals surface area contributed by atoms with Crippen LogP contribution < -0.4 is 10.1 Å². The lowest BCUT2D eigenvalue weighted by Crippen LogP contribution is -2.12. The number of aryl methyl sites for hydroxylation is 1. The summed E-state index contributed by atoms with van der Waals surface area (Å²) in [5.41, 5.74) is 2.25. The summed E-state index contributed by atoms with van der Waals surface area (Å²) in [7, 11) is 0. The number of nitrogens with zero attached hydrogens (tertiary/aromatic N) is 2. The van der Waals surface area contributed by atoms with Crippen LogP contribution >= 0.6 is 0 Å². The van der Waals surface area contributed by atoms with Crippen LogP contribution in [0.25, 0.3) is 0 Å². The van der Waals surface area contributed by atoms with Crippen LogP contribution in [0.5, 0.6) is 11.8 Å². The lowest BCUT2D eigenvalue weighted by Gasteiger charge is -2.10. The fourth-order valence-electron chi connectivity index (χ4n) is 1.59. The Kier molecular flexibility index (Phi) is 4.66. The number of hydrogen-bond acceptors (Lipinski definition) is 4. The number of aromatic nitrogens is 2. The number of rotatable bonds is 4. The highest BCUT2D eigenvalue weighted by atomic mass is 16.5. The average molecular weight is 285 g/mol. The highest BCUT2D eigenvalue weighted by Gasteiger charge is 2.08. The van der Waals surface area contributed by atoms with Crippen LogP contribution in [0.2, 0.25) is 0 Å². The second-order valence-electron chi connectivity index (χ2n) is 4.54. The Bertz CT molecular complexity index is 672. The largest absolute Gasteiger partial charge is 0.424 e. The van der Waals surface area contributed by atoms with Gasteiger partial charge in [0.1, 0.15) is 5.75 Å². The lowest BCUT2D eigenvalue weighted by atomic mass is 10.2. The first kappa shape index (κ1) is 14.7. The van der Waals surface area contributed by atoms with Crippen LogP contribution in [0.4, 0.5) is 5.69 Å². The van der Waals surface area contributed by atoms with E-state index in [4.69, 9.17) is 4.74 Å². The van der Waals surface area contributed by atoms with E-state index in [1.54, 1.807) is 37.5 Å². The summed E-state index contributed by atoms with van der Waals surface area (Å²) in [6.45, 7) is 5.51. The Morgan fingerprint density at radius 3 is 2.71 bits per heavy atom. The molecule has 1 aromatic carbocycles. The number of amides is 1. The topological polar surface area (TPSA) is 64.1 Å². The molecular weight excluding hydrogens is 266 g/mol. The minimum Gasteiger partial charge on any atom is -0.424 e. The first-order valence-electron chi connectivity index (χ1n) is 6.60. The smallest absolute Gasteiger partial charge is 0.321 e. The molecule has 0 fully saturated rings. The van der Waals surface area contributed by atoms with Crippen molar-refractivity contribution >= 4 is 11.6 Å². The molecule has 0 aliphatic carbocycles. The maximum atomic E-state index is 11.9. The predicted octanol–water partition coefficient (Wildman–Crippen LogP) is 3.73. The number of carbonyl (C=O) groups excluding carboxylic acids is 1. The van der Waals surface area contributed by atoms with Crippen LogP contribution in [0, 0.1) is 6.92 Å². The van der Waals surface area contributed by atoms with E-state index in [2.05, 4.69) is 15.3 Å². The van der Waals surface area contributed by atoms with E-state index in [9.17, 15) is 4.79 Å². The molecule has 1 aromatic heterocycles. The van der Waals surface area contributed by atoms with Gasteiger partial charge in [-0.1, -0.05) is 12.1 Å². The summed E-state index contributed by atoms with van der Waals surface area (Å²) < 4.78 is 5.63. The molecule has 1 heterocycles. The van der Waals surface area contributed by atoms with Crippen molar-refractivity contribution < 1.29 is 11.0 Å². The summed E-state index contributed by atoms with van der Waals surface area (Å²) in [6, 6.07) is 7.45. The molecule has 0 spiro atoms. The van der Waals surface area contributed by atoms with Crippen molar-refractivity contribution in [2.24, 2.45) is 0 Å². The molecule has 1 N–H and O–H groups in total. The molecular formula is C16H19N3O2. The summed E-state index contributed by atoms with van der Waals surface area (Å²) >= 11 is 0. The maximum Gasteiger partial charge on any atom is 0.321 e. The maximum absolute atomic E-state index is 11.9. The number of allylic oxidation sites excluding steroid dienone is 1. The molecule has 110 valence electrons. The van der Waals surface area contributed by atoms with Crippen molar-refractivity contribution in [1.82, 2.24) is 9.97 Å². The van der Waals surface area contributed by atoms with Crippen molar-refractivity contribution in [2.45, 2.75) is 20.8 Å². The van der Waals surface area contributed by atoms with Gasteiger partial charge in [-0.3, -0.25) is 4.79 Å². The van der Waals surface area contributed by atoms with Gasteiger partial charge in [-0.25, -0.2) is 9.97 Å². The third-order valence-electron chi connectivity index (χ3n) is 2.98. The zero-order valence-corrected chi connectivity index (χ0v) is 12.3. The highest BCUT2D eigenvalue weighted by Crippen LogP contribution is 2.26. The molecule has 2 aromatic rings. The molecule has 0 atom stereocenters. The fourth-order valence-corrected chi connectivity index (χ4v) is 1.59. The van der Waals surface area contributed by atoms with Crippen molar-refractivity contribution in [1.29, 1.82) is 0 Å². The number of benzene rings is 1. The molecule has 0 aliphatic rings. The Morgan fingerprint density at radius 1 is 1.33 bits per heavy atom. The van der Waals surface area contributed by atoms with Crippen molar-refractivity contribution in [3.63, 3.8) is 0 Å². The van der Waals surface area contributed by atoms with E-state index < -0.39 is 0 Å². The first-order chi connectivity index (χ1) is 10.1. The average Bonchev–Trinajstić information content (AvgIpc) is 2.50. The van der Waals surface area contributed by atoms with Gasteiger partial charge in [0, 0.05) is 31.1 Å². The van der Waals surface area contributed by atoms with Crippen LogP contribution in [-0.2, 0) is 4.79 Å². The second kappa shape index (κ2) is 6.65. The number of nitrogens with one attached hydrogen (secondary N) is 1. The van der Waals surface area contributed by atoms with Gasteiger partial charge in [-0.2, -0.15) is 0 Å². The second-order valence-corrected chi connectivity index (χ2v) is 4.54. The molecule has 2 rings (SSSR count). The predicted molar refractivity (Wildman–Crippen MR) is 83.5 cm³/mol. The summed E-state index contributed by atoms with van der Waals surface area (Å²) in [4.78, 5) is 19.9. The van der Waals surface area contributed by atoms with Gasteiger partial charge in [-0.15, -0.1) is 0 Å². The molecule has 0 saturated carbocycles. The number of carbonyl (C=O) groups is 1. The Morgan fingerprint density at radius 2 is 2.05 bits per heavy atom. The summed E-state index contributed by atoms with van der Waals surface area (Å²) in [6.07, 6.45) is 4.98. The third kappa shape index (κ3) is 3.89. The SMILES string of the molecule is C/C=C(\C)C(=O)Nc1ccc(C)c(Oc2ncccn2)c1.[HH]. The molecule has 21 heavy (non-hydrogen) atoms. The molecule has 0 aliphatic heterocycles. The Balaban J connectivity index is 0.00000242. The number of anilines is 1. The molecule has 0 unspecified atom stereocenters. The molecule has 1 amide bonds. The third-order valence-corrected chi connectivity index (χ3v) is 2.98. The Hall–Kier alpha value is -2.69. The molecule has 0 saturated heterocycles. The van der Waals surface area contributed by atoms with Gasteiger partial charge in [-0.05, 0) is 38.5 Å². The molecule has 0 radical (unpaired) electrons. The zero-order valence-electron chi connectivity index (χ0n) is 12.3. The zero-order chi connectivity index (χ0) is 15.2. The van der Waals surface area contributed by atoms with Gasteiger partial charge in [0.2, 0.25) is 0 Å². The first-order valence-corrected chi connectivity index (χ1v) is 6.60. The van der Waals surface area contributed by atoms with E-state index in [1.165, 1.54) is 0 Å².